The molecule has 0 fully saturated rings. The van der Waals surface area contributed by atoms with E-state index >= 15 is 0 Å². The van der Waals surface area contributed by atoms with Crippen LogP contribution in [0.4, 0.5) is 11.8 Å². The number of imidazole rings is 1. The molecule has 0 bridgehead atoms. The maximum atomic E-state index is 6.00. The molecule has 2 aromatic heterocycles. The predicted octanol–water partition coefficient (Wildman–Crippen LogP) is 1.48. The van der Waals surface area contributed by atoms with Crippen LogP contribution >= 0.6 is 0 Å². The van der Waals surface area contributed by atoms with Gasteiger partial charge in [-0.3, -0.25) is 4.90 Å². The van der Waals surface area contributed by atoms with E-state index in [-0.39, 0.29) is 0 Å². The summed E-state index contributed by atoms with van der Waals surface area (Å²) >= 11 is 0. The van der Waals surface area contributed by atoms with Crippen LogP contribution in [0.15, 0.2) is 6.33 Å². The van der Waals surface area contributed by atoms with E-state index in [0.29, 0.717) is 36.1 Å². The van der Waals surface area contributed by atoms with Crippen molar-refractivity contribution < 1.29 is 14.2 Å². The second-order valence-corrected chi connectivity index (χ2v) is 4.97. The van der Waals surface area contributed by atoms with Crippen molar-refractivity contribution in [2.45, 2.75) is 39.8 Å². The van der Waals surface area contributed by atoms with E-state index in [1.165, 1.54) is 6.33 Å². The SMILES string of the molecule is CCOC(C)N(c1nc(N)c2[nH]cnc2n1)C(C)(OC)OCC. The van der Waals surface area contributed by atoms with Crippen LogP contribution in [0.3, 0.4) is 0 Å². The summed E-state index contributed by atoms with van der Waals surface area (Å²) in [6.45, 7) is 8.40. The summed E-state index contributed by atoms with van der Waals surface area (Å²) in [5.41, 5.74) is 7.06. The van der Waals surface area contributed by atoms with E-state index in [2.05, 4.69) is 19.9 Å². The zero-order valence-corrected chi connectivity index (χ0v) is 14.2. The fourth-order valence-electron chi connectivity index (χ4n) is 2.44. The molecule has 0 amide bonds. The van der Waals surface area contributed by atoms with Gasteiger partial charge in [-0.15, -0.1) is 0 Å². The van der Waals surface area contributed by atoms with Crippen LogP contribution in [0.5, 0.6) is 0 Å². The Balaban J connectivity index is 2.54. The van der Waals surface area contributed by atoms with Gasteiger partial charge in [0.1, 0.15) is 11.7 Å². The number of fused-ring (bicyclic) bond motifs is 1. The number of methoxy groups -OCH3 is 1. The van der Waals surface area contributed by atoms with Gasteiger partial charge in [-0.1, -0.05) is 0 Å². The summed E-state index contributed by atoms with van der Waals surface area (Å²) < 4.78 is 17.0. The third-order valence-corrected chi connectivity index (χ3v) is 3.52. The van der Waals surface area contributed by atoms with E-state index in [9.17, 15) is 0 Å². The molecule has 9 nitrogen and oxygen atoms in total. The van der Waals surface area contributed by atoms with E-state index < -0.39 is 12.1 Å². The number of H-pyrrole nitrogens is 1. The van der Waals surface area contributed by atoms with E-state index in [0.717, 1.165) is 0 Å². The lowest BCUT2D eigenvalue weighted by molar-refractivity contribution is -0.221. The lowest BCUT2D eigenvalue weighted by atomic mass is 10.4. The van der Waals surface area contributed by atoms with Gasteiger partial charge >= 0.3 is 0 Å². The van der Waals surface area contributed by atoms with Gasteiger partial charge in [0.05, 0.1) is 6.33 Å². The first-order valence-electron chi connectivity index (χ1n) is 7.53. The Labute approximate surface area is 135 Å². The van der Waals surface area contributed by atoms with Crippen LogP contribution in [0.2, 0.25) is 0 Å². The van der Waals surface area contributed by atoms with Crippen LogP contribution < -0.4 is 10.6 Å². The number of aromatic nitrogens is 4. The summed E-state index contributed by atoms with van der Waals surface area (Å²) in [4.78, 5) is 17.6. The topological polar surface area (TPSA) is 111 Å². The van der Waals surface area contributed by atoms with E-state index in [4.69, 9.17) is 19.9 Å². The Hall–Kier alpha value is -1.97. The molecule has 0 saturated heterocycles. The van der Waals surface area contributed by atoms with Gasteiger partial charge < -0.3 is 24.9 Å². The molecule has 2 aromatic rings. The van der Waals surface area contributed by atoms with Crippen molar-refractivity contribution in [3.63, 3.8) is 0 Å². The molecule has 2 atom stereocenters. The van der Waals surface area contributed by atoms with Crippen LogP contribution in [-0.4, -0.2) is 52.4 Å². The smallest absolute Gasteiger partial charge is 0.252 e. The lowest BCUT2D eigenvalue weighted by Gasteiger charge is -2.42. The first-order chi connectivity index (χ1) is 11.0. The molecule has 0 spiro atoms. The van der Waals surface area contributed by atoms with E-state index in [1.54, 1.807) is 18.9 Å². The molecule has 2 unspecified atom stereocenters. The monoisotopic (exact) mass is 324 g/mol. The number of nitrogens with one attached hydrogen (secondary N) is 1. The maximum Gasteiger partial charge on any atom is 0.252 e. The number of hydrogen-bond acceptors (Lipinski definition) is 8. The highest BCUT2D eigenvalue weighted by atomic mass is 16.7. The predicted molar refractivity (Wildman–Crippen MR) is 86.7 cm³/mol. The summed E-state index contributed by atoms with van der Waals surface area (Å²) in [5.74, 6) is -0.494. The van der Waals surface area contributed by atoms with Crippen molar-refractivity contribution in [1.82, 2.24) is 19.9 Å². The first-order valence-corrected chi connectivity index (χ1v) is 7.53. The minimum Gasteiger partial charge on any atom is -0.382 e. The second kappa shape index (κ2) is 7.07. The standard InChI is InChI=1S/C14H24N6O3/c1-6-22-9(3)20(14(4,21-5)23-7-2)13-18-11(15)10-12(19-13)17-8-16-10/h8-9H,6-7H2,1-5H3,(H3,15,16,17,18,19). The molecule has 0 radical (unpaired) electrons. The largest absolute Gasteiger partial charge is 0.382 e. The maximum absolute atomic E-state index is 6.00. The van der Waals surface area contributed by atoms with E-state index in [1.807, 2.05) is 20.8 Å². The Morgan fingerprint density at radius 2 is 2.09 bits per heavy atom. The van der Waals surface area contributed by atoms with Gasteiger partial charge in [0.25, 0.3) is 5.91 Å². The quantitative estimate of drug-likeness (QED) is 0.702. The normalized spacial score (nSPS) is 15.5. The molecule has 9 heteroatoms. The molecule has 3 N–H and O–H groups in total. The highest BCUT2D eigenvalue weighted by molar-refractivity contribution is 5.82. The second-order valence-electron chi connectivity index (χ2n) is 4.97. The lowest BCUT2D eigenvalue weighted by Crippen LogP contribution is -2.56. The minimum atomic E-state index is -1.11. The van der Waals surface area contributed by atoms with Crippen molar-refractivity contribution in [3.05, 3.63) is 6.33 Å². The molecule has 23 heavy (non-hydrogen) atoms. The highest BCUT2D eigenvalue weighted by Crippen LogP contribution is 2.28. The number of anilines is 2. The minimum absolute atomic E-state index is 0.297. The van der Waals surface area contributed by atoms with Crippen molar-refractivity contribution in [2.75, 3.05) is 31.0 Å². The molecule has 2 rings (SSSR count). The molecular weight excluding hydrogens is 300 g/mol. The molecule has 0 aliphatic rings. The summed E-state index contributed by atoms with van der Waals surface area (Å²) in [7, 11) is 1.55. The molecule has 0 saturated carbocycles. The van der Waals surface area contributed by atoms with Gasteiger partial charge in [-0.25, -0.2) is 4.98 Å². The highest BCUT2D eigenvalue weighted by Gasteiger charge is 2.39. The fourth-order valence-corrected chi connectivity index (χ4v) is 2.44. The Morgan fingerprint density at radius 1 is 1.35 bits per heavy atom. The first kappa shape index (κ1) is 17.4. The van der Waals surface area contributed by atoms with Gasteiger partial charge in [0.2, 0.25) is 5.95 Å². The molecule has 0 aliphatic heterocycles. The fraction of sp³-hybridized carbons (Fsp3) is 0.643. The summed E-state index contributed by atoms with van der Waals surface area (Å²) in [6, 6.07) is 0. The number of rotatable bonds is 8. The third kappa shape index (κ3) is 3.36. The number of ether oxygens (including phenoxy) is 3. The van der Waals surface area contributed by atoms with Crippen LogP contribution in [0.25, 0.3) is 11.2 Å². The zero-order chi connectivity index (χ0) is 17.0. The Morgan fingerprint density at radius 3 is 2.70 bits per heavy atom. The van der Waals surface area contributed by atoms with Gasteiger partial charge in [0.15, 0.2) is 11.5 Å². The van der Waals surface area contributed by atoms with Crippen LogP contribution in [0, 0.1) is 0 Å². The number of nitrogen functional groups attached to an aromatic ring is 1. The van der Waals surface area contributed by atoms with Gasteiger partial charge in [-0.05, 0) is 20.8 Å². The number of nitrogens with two attached hydrogens (primary N) is 1. The average Bonchev–Trinajstić information content (AvgIpc) is 2.97. The van der Waals surface area contributed by atoms with Crippen molar-refractivity contribution in [3.8, 4) is 0 Å². The molecule has 0 aliphatic carbocycles. The summed E-state index contributed by atoms with van der Waals surface area (Å²) in [6.07, 6.45) is 1.13. The summed E-state index contributed by atoms with van der Waals surface area (Å²) in [5, 5.41) is 0. The van der Waals surface area contributed by atoms with Crippen LogP contribution in [0.1, 0.15) is 27.7 Å². The van der Waals surface area contributed by atoms with Crippen molar-refractivity contribution in [2.24, 2.45) is 0 Å². The van der Waals surface area contributed by atoms with Gasteiger partial charge in [0, 0.05) is 27.2 Å². The Bertz CT molecular complexity index is 648. The Kier molecular flexibility index (Phi) is 5.34. The van der Waals surface area contributed by atoms with Crippen molar-refractivity contribution >= 4 is 22.9 Å². The molecule has 0 aromatic carbocycles. The average molecular weight is 324 g/mol. The number of aromatic amines is 1. The molecule has 2 heterocycles. The zero-order valence-electron chi connectivity index (χ0n) is 14.2. The molecular formula is C14H24N6O3. The van der Waals surface area contributed by atoms with Crippen LogP contribution in [-0.2, 0) is 14.2 Å². The van der Waals surface area contributed by atoms with Gasteiger partial charge in [-0.2, -0.15) is 9.97 Å². The third-order valence-electron chi connectivity index (χ3n) is 3.52. The molecule has 128 valence electrons. The number of hydrogen-bond donors (Lipinski definition) is 2. The van der Waals surface area contributed by atoms with Crippen molar-refractivity contribution in [1.29, 1.82) is 0 Å². The number of nitrogens with zero attached hydrogens (tertiary/aromatic N) is 4.